The fourth-order valence-electron chi connectivity index (χ4n) is 3.01. The molecule has 3 N–H and O–H groups in total. The van der Waals surface area contributed by atoms with Crippen molar-refractivity contribution >= 4 is 21.8 Å². The minimum absolute atomic E-state index is 0.0231. The smallest absolute Gasteiger partial charge is 0.252 e. The molecule has 0 aliphatic heterocycles. The largest absolute Gasteiger partial charge is 0.357 e. The second kappa shape index (κ2) is 10.3. The number of amides is 2. The molecule has 0 fully saturated rings. The van der Waals surface area contributed by atoms with E-state index in [1.807, 2.05) is 6.07 Å². The molecule has 3 rings (SSSR count). The van der Waals surface area contributed by atoms with Crippen molar-refractivity contribution in [3.8, 4) is 0 Å². The zero-order valence-corrected chi connectivity index (χ0v) is 18.3. The zero-order valence-electron chi connectivity index (χ0n) is 17.5. The van der Waals surface area contributed by atoms with Crippen LogP contribution in [0.15, 0.2) is 77.7 Å². The molecule has 0 heterocycles. The number of likely N-dealkylation sites (N-methyl/N-ethyl adjacent to an activating group) is 1. The van der Waals surface area contributed by atoms with Crippen LogP contribution >= 0.6 is 0 Å². The van der Waals surface area contributed by atoms with Crippen LogP contribution in [0.4, 0.5) is 8.78 Å². The van der Waals surface area contributed by atoms with E-state index < -0.39 is 39.5 Å². The standard InChI is InChI=1S/C23H21F2N3O4S/c1-26-23(30)21(16-10-11-19(24)20(25)13-16)28-22(29)17-8-5-9-18(12-17)33(31,32)27-14-15-6-3-2-4-7-15/h2-13,21,27H,14H2,1H3,(H,26,30)(H,28,29). The highest BCUT2D eigenvalue weighted by atomic mass is 32.2. The lowest BCUT2D eigenvalue weighted by Crippen LogP contribution is -2.39. The van der Waals surface area contributed by atoms with Gasteiger partial charge in [-0.25, -0.2) is 21.9 Å². The van der Waals surface area contributed by atoms with E-state index in [-0.39, 0.29) is 22.6 Å². The van der Waals surface area contributed by atoms with Crippen LogP contribution in [0.5, 0.6) is 0 Å². The molecule has 0 aromatic heterocycles. The molecule has 3 aromatic carbocycles. The van der Waals surface area contributed by atoms with Crippen molar-refractivity contribution < 1.29 is 26.8 Å². The Labute approximate surface area is 189 Å². The number of rotatable bonds is 8. The molecule has 3 aromatic rings. The monoisotopic (exact) mass is 473 g/mol. The van der Waals surface area contributed by atoms with Gasteiger partial charge in [0.1, 0.15) is 6.04 Å². The van der Waals surface area contributed by atoms with Crippen molar-refractivity contribution in [3.05, 3.63) is 101 Å². The van der Waals surface area contributed by atoms with Crippen molar-refractivity contribution in [2.24, 2.45) is 0 Å². The maximum atomic E-state index is 13.7. The Morgan fingerprint density at radius 2 is 1.64 bits per heavy atom. The first-order chi connectivity index (χ1) is 15.7. The second-order valence-electron chi connectivity index (χ2n) is 7.03. The SMILES string of the molecule is CNC(=O)C(NC(=O)c1cccc(S(=O)(=O)NCc2ccccc2)c1)c1ccc(F)c(F)c1. The number of benzene rings is 3. The Bertz CT molecular complexity index is 1270. The van der Waals surface area contributed by atoms with Gasteiger partial charge in [0.25, 0.3) is 5.91 Å². The van der Waals surface area contributed by atoms with E-state index >= 15 is 0 Å². The molecule has 0 aliphatic carbocycles. The van der Waals surface area contributed by atoms with Crippen molar-refractivity contribution in [3.63, 3.8) is 0 Å². The van der Waals surface area contributed by atoms with Crippen LogP contribution in [-0.2, 0) is 21.4 Å². The first kappa shape index (κ1) is 24.0. The normalized spacial score (nSPS) is 12.1. The average Bonchev–Trinajstić information content (AvgIpc) is 2.83. The first-order valence-corrected chi connectivity index (χ1v) is 11.3. The van der Waals surface area contributed by atoms with Gasteiger partial charge in [-0.2, -0.15) is 0 Å². The van der Waals surface area contributed by atoms with Crippen LogP contribution < -0.4 is 15.4 Å². The van der Waals surface area contributed by atoms with Gasteiger partial charge in [0.2, 0.25) is 15.9 Å². The number of carbonyl (C=O) groups excluding carboxylic acids is 2. The van der Waals surface area contributed by atoms with E-state index in [0.717, 1.165) is 23.8 Å². The molecular formula is C23H21F2N3O4S. The van der Waals surface area contributed by atoms with Crippen LogP contribution in [-0.4, -0.2) is 27.3 Å². The topological polar surface area (TPSA) is 104 Å². The van der Waals surface area contributed by atoms with Crippen molar-refractivity contribution in [1.29, 1.82) is 0 Å². The number of sulfonamides is 1. The van der Waals surface area contributed by atoms with Crippen LogP contribution in [0.3, 0.4) is 0 Å². The zero-order chi connectivity index (χ0) is 24.0. The van der Waals surface area contributed by atoms with E-state index in [1.54, 1.807) is 24.3 Å². The quantitative estimate of drug-likeness (QED) is 0.468. The molecule has 0 bridgehead atoms. The molecule has 172 valence electrons. The van der Waals surface area contributed by atoms with Gasteiger partial charge >= 0.3 is 0 Å². The Morgan fingerprint density at radius 3 is 2.30 bits per heavy atom. The van der Waals surface area contributed by atoms with Crippen molar-refractivity contribution in [2.45, 2.75) is 17.5 Å². The lowest BCUT2D eigenvalue weighted by molar-refractivity contribution is -0.122. The summed E-state index contributed by atoms with van der Waals surface area (Å²) in [5, 5.41) is 4.77. The Morgan fingerprint density at radius 1 is 0.909 bits per heavy atom. The number of carbonyl (C=O) groups is 2. The lowest BCUT2D eigenvalue weighted by atomic mass is 10.0. The predicted molar refractivity (Wildman–Crippen MR) is 118 cm³/mol. The molecule has 0 radical (unpaired) electrons. The molecule has 2 amide bonds. The Kier molecular flexibility index (Phi) is 7.52. The fraction of sp³-hybridized carbons (Fsp3) is 0.130. The third kappa shape index (κ3) is 5.99. The fourth-order valence-corrected chi connectivity index (χ4v) is 4.08. The van der Waals surface area contributed by atoms with Crippen LogP contribution in [0.2, 0.25) is 0 Å². The highest BCUT2D eigenvalue weighted by molar-refractivity contribution is 7.89. The highest BCUT2D eigenvalue weighted by Crippen LogP contribution is 2.19. The summed E-state index contributed by atoms with van der Waals surface area (Å²) in [6.07, 6.45) is 0. The minimum Gasteiger partial charge on any atom is -0.357 e. The van der Waals surface area contributed by atoms with Gasteiger partial charge in [-0.3, -0.25) is 9.59 Å². The van der Waals surface area contributed by atoms with E-state index in [4.69, 9.17) is 0 Å². The summed E-state index contributed by atoms with van der Waals surface area (Å²) in [5.74, 6) is -3.70. The van der Waals surface area contributed by atoms with E-state index in [9.17, 15) is 26.8 Å². The summed E-state index contributed by atoms with van der Waals surface area (Å²) < 4.78 is 54.7. The van der Waals surface area contributed by atoms with Crippen LogP contribution in [0.25, 0.3) is 0 Å². The van der Waals surface area contributed by atoms with Gasteiger partial charge in [0, 0.05) is 19.2 Å². The molecule has 1 atom stereocenters. The van der Waals surface area contributed by atoms with Gasteiger partial charge in [-0.05, 0) is 41.5 Å². The Hall–Kier alpha value is -3.63. The average molecular weight is 474 g/mol. The molecule has 1 unspecified atom stereocenters. The number of hydrogen-bond acceptors (Lipinski definition) is 4. The molecular weight excluding hydrogens is 452 g/mol. The summed E-state index contributed by atoms with van der Waals surface area (Å²) in [7, 11) is -2.60. The summed E-state index contributed by atoms with van der Waals surface area (Å²) >= 11 is 0. The maximum Gasteiger partial charge on any atom is 0.252 e. The van der Waals surface area contributed by atoms with E-state index in [0.29, 0.717) is 0 Å². The van der Waals surface area contributed by atoms with Gasteiger partial charge in [0.15, 0.2) is 11.6 Å². The first-order valence-electron chi connectivity index (χ1n) is 9.82. The minimum atomic E-state index is -3.93. The third-order valence-corrected chi connectivity index (χ3v) is 6.18. The second-order valence-corrected chi connectivity index (χ2v) is 8.80. The summed E-state index contributed by atoms with van der Waals surface area (Å²) in [6, 6.07) is 15.7. The molecule has 0 aliphatic rings. The summed E-state index contributed by atoms with van der Waals surface area (Å²) in [6.45, 7) is 0.0640. The molecule has 0 saturated heterocycles. The van der Waals surface area contributed by atoms with Crippen LogP contribution in [0.1, 0.15) is 27.5 Å². The molecule has 33 heavy (non-hydrogen) atoms. The number of nitrogens with one attached hydrogen (secondary N) is 3. The third-order valence-electron chi connectivity index (χ3n) is 4.78. The van der Waals surface area contributed by atoms with Gasteiger partial charge in [0.05, 0.1) is 4.90 Å². The lowest BCUT2D eigenvalue weighted by Gasteiger charge is -2.18. The van der Waals surface area contributed by atoms with Gasteiger partial charge < -0.3 is 10.6 Å². The summed E-state index contributed by atoms with van der Waals surface area (Å²) in [4.78, 5) is 24.9. The van der Waals surface area contributed by atoms with Gasteiger partial charge in [-0.15, -0.1) is 0 Å². The Balaban J connectivity index is 1.81. The summed E-state index contributed by atoms with van der Waals surface area (Å²) in [5.41, 5.74) is 0.749. The van der Waals surface area contributed by atoms with Crippen LogP contribution in [0, 0.1) is 11.6 Å². The van der Waals surface area contributed by atoms with Crippen molar-refractivity contribution in [1.82, 2.24) is 15.4 Å². The molecule has 0 saturated carbocycles. The molecule has 0 spiro atoms. The predicted octanol–water partition coefficient (Wildman–Crippen LogP) is 2.66. The van der Waals surface area contributed by atoms with E-state index in [1.165, 1.54) is 31.3 Å². The number of halogens is 2. The van der Waals surface area contributed by atoms with Gasteiger partial charge in [-0.1, -0.05) is 42.5 Å². The molecule has 10 heteroatoms. The van der Waals surface area contributed by atoms with Crippen molar-refractivity contribution in [2.75, 3.05) is 7.05 Å². The maximum absolute atomic E-state index is 13.7. The van der Waals surface area contributed by atoms with E-state index in [2.05, 4.69) is 15.4 Å². The number of hydrogen-bond donors (Lipinski definition) is 3. The highest BCUT2D eigenvalue weighted by Gasteiger charge is 2.24. The molecule has 7 nitrogen and oxygen atoms in total.